The molecule has 134 valence electrons. The molecule has 0 aliphatic carbocycles. The molecule has 0 aromatic rings. The van der Waals surface area contributed by atoms with Gasteiger partial charge in [-0.05, 0) is 36.2 Å². The van der Waals surface area contributed by atoms with Gasteiger partial charge in [0.05, 0.1) is 12.5 Å². The van der Waals surface area contributed by atoms with Crippen molar-refractivity contribution in [3.05, 3.63) is 0 Å². The zero-order valence-electron chi connectivity index (χ0n) is 15.2. The van der Waals surface area contributed by atoms with Gasteiger partial charge in [-0.1, -0.05) is 27.7 Å². The number of carbonyl (C=O) groups excluding carboxylic acids is 2. The minimum atomic E-state index is -1.86. The molecule has 0 radical (unpaired) electrons. The van der Waals surface area contributed by atoms with Crippen molar-refractivity contribution in [2.45, 2.75) is 53.5 Å². The molecule has 0 aromatic heterocycles. The molecular formula is C16H32N2O4P+. The molecule has 0 aromatic carbocycles. The molecule has 0 saturated heterocycles. The molecule has 0 rings (SSSR count). The van der Waals surface area contributed by atoms with Crippen molar-refractivity contribution in [3.8, 4) is 0 Å². The number of amides is 2. The van der Waals surface area contributed by atoms with Crippen LogP contribution in [0.2, 0.25) is 0 Å². The highest BCUT2D eigenvalue weighted by atomic mass is 31.1. The topological polar surface area (TPSA) is 84.5 Å². The Bertz CT molecular complexity index is 400. The number of hydrogen-bond donors (Lipinski definition) is 2. The molecule has 0 fully saturated rings. The predicted octanol–water partition coefficient (Wildman–Crippen LogP) is 2.70. The second kappa shape index (κ2) is 11.5. The van der Waals surface area contributed by atoms with Gasteiger partial charge in [0.25, 0.3) is 0 Å². The second-order valence-electron chi connectivity index (χ2n) is 6.56. The van der Waals surface area contributed by atoms with Crippen LogP contribution in [-0.4, -0.2) is 37.7 Å². The SMILES string of the molecule is CCO[P+](=O)CC(CC(C)C)C(=O)N[C@@H](CC(C)C)C(=O)NC. The Morgan fingerprint density at radius 3 is 2.04 bits per heavy atom. The van der Waals surface area contributed by atoms with Crippen LogP contribution in [0, 0.1) is 17.8 Å². The van der Waals surface area contributed by atoms with Gasteiger partial charge in [0.15, 0.2) is 6.16 Å². The largest absolute Gasteiger partial charge is 0.508 e. The third kappa shape index (κ3) is 9.67. The van der Waals surface area contributed by atoms with Gasteiger partial charge in [-0.3, -0.25) is 9.59 Å². The molecule has 2 unspecified atom stereocenters. The Kier molecular flexibility index (Phi) is 11.0. The monoisotopic (exact) mass is 347 g/mol. The van der Waals surface area contributed by atoms with Crippen molar-refractivity contribution in [1.82, 2.24) is 10.6 Å². The zero-order valence-corrected chi connectivity index (χ0v) is 16.1. The third-order valence-corrected chi connectivity index (χ3v) is 4.64. The summed E-state index contributed by atoms with van der Waals surface area (Å²) in [7, 11) is -0.300. The molecular weight excluding hydrogens is 315 g/mol. The van der Waals surface area contributed by atoms with Gasteiger partial charge in [0.2, 0.25) is 11.8 Å². The average molecular weight is 347 g/mol. The highest BCUT2D eigenvalue weighted by molar-refractivity contribution is 7.39. The Morgan fingerprint density at radius 1 is 1.04 bits per heavy atom. The van der Waals surface area contributed by atoms with Crippen molar-refractivity contribution < 1.29 is 18.7 Å². The van der Waals surface area contributed by atoms with Gasteiger partial charge in [-0.2, -0.15) is 0 Å². The molecule has 0 aliphatic heterocycles. The molecule has 23 heavy (non-hydrogen) atoms. The fourth-order valence-corrected chi connectivity index (χ4v) is 3.45. The predicted molar refractivity (Wildman–Crippen MR) is 92.5 cm³/mol. The van der Waals surface area contributed by atoms with Gasteiger partial charge in [0.1, 0.15) is 6.04 Å². The lowest BCUT2D eigenvalue weighted by Gasteiger charge is -2.22. The van der Waals surface area contributed by atoms with Crippen LogP contribution in [-0.2, 0) is 18.7 Å². The van der Waals surface area contributed by atoms with Crippen LogP contribution in [0.3, 0.4) is 0 Å². The fourth-order valence-electron chi connectivity index (χ4n) is 2.38. The molecule has 0 spiro atoms. The molecule has 2 amide bonds. The molecule has 0 saturated carbocycles. The maximum Gasteiger partial charge on any atom is 0.508 e. The van der Waals surface area contributed by atoms with Crippen LogP contribution in [0.5, 0.6) is 0 Å². The first-order valence-electron chi connectivity index (χ1n) is 8.30. The zero-order chi connectivity index (χ0) is 18.0. The van der Waals surface area contributed by atoms with Gasteiger partial charge >= 0.3 is 8.03 Å². The summed E-state index contributed by atoms with van der Waals surface area (Å²) >= 11 is 0. The summed E-state index contributed by atoms with van der Waals surface area (Å²) in [6, 6.07) is -0.563. The number of likely N-dealkylation sites (N-methyl/N-ethyl adjacent to an activating group) is 1. The Balaban J connectivity index is 4.95. The first-order valence-corrected chi connectivity index (χ1v) is 9.66. The van der Waals surface area contributed by atoms with E-state index in [0.717, 1.165) is 0 Å². The molecule has 2 N–H and O–H groups in total. The Morgan fingerprint density at radius 2 is 1.61 bits per heavy atom. The lowest BCUT2D eigenvalue weighted by atomic mass is 9.96. The molecule has 0 aliphatic rings. The summed E-state index contributed by atoms with van der Waals surface area (Å²) in [6.45, 7) is 10.2. The number of rotatable bonds is 11. The van der Waals surface area contributed by atoms with E-state index in [1.54, 1.807) is 14.0 Å². The maximum absolute atomic E-state index is 12.6. The quantitative estimate of drug-likeness (QED) is 0.563. The van der Waals surface area contributed by atoms with Crippen LogP contribution in [0.4, 0.5) is 0 Å². The van der Waals surface area contributed by atoms with Crippen molar-refractivity contribution in [2.75, 3.05) is 19.8 Å². The van der Waals surface area contributed by atoms with E-state index in [2.05, 4.69) is 10.6 Å². The lowest BCUT2D eigenvalue weighted by Crippen LogP contribution is -2.48. The summed E-state index contributed by atoms with van der Waals surface area (Å²) in [5, 5.41) is 5.40. The van der Waals surface area contributed by atoms with Crippen LogP contribution in [0.25, 0.3) is 0 Å². The number of carbonyl (C=O) groups is 2. The van der Waals surface area contributed by atoms with Crippen molar-refractivity contribution >= 4 is 19.8 Å². The smallest absolute Gasteiger partial charge is 0.357 e. The second-order valence-corrected chi connectivity index (χ2v) is 7.85. The van der Waals surface area contributed by atoms with Gasteiger partial charge in [-0.25, -0.2) is 0 Å². The molecule has 3 atom stereocenters. The van der Waals surface area contributed by atoms with E-state index in [-0.39, 0.29) is 23.9 Å². The normalized spacial score (nSPS) is 14.5. The summed E-state index contributed by atoms with van der Waals surface area (Å²) in [5.41, 5.74) is 0. The molecule has 7 heteroatoms. The van der Waals surface area contributed by atoms with Crippen LogP contribution in [0.15, 0.2) is 0 Å². The lowest BCUT2D eigenvalue weighted by molar-refractivity contribution is -0.131. The van der Waals surface area contributed by atoms with E-state index in [1.165, 1.54) is 0 Å². The number of hydrogen-bond acceptors (Lipinski definition) is 4. The fraction of sp³-hybridized carbons (Fsp3) is 0.875. The highest BCUT2D eigenvalue weighted by Crippen LogP contribution is 2.28. The minimum Gasteiger partial charge on any atom is -0.357 e. The first-order chi connectivity index (χ1) is 10.7. The highest BCUT2D eigenvalue weighted by Gasteiger charge is 2.33. The summed E-state index contributed by atoms with van der Waals surface area (Å²) in [4.78, 5) is 24.5. The molecule has 0 bridgehead atoms. The van der Waals surface area contributed by atoms with Gasteiger partial charge in [0, 0.05) is 7.05 Å². The maximum atomic E-state index is 12.6. The third-order valence-electron chi connectivity index (χ3n) is 3.36. The van der Waals surface area contributed by atoms with Crippen LogP contribution >= 0.6 is 8.03 Å². The van der Waals surface area contributed by atoms with E-state index in [4.69, 9.17) is 4.52 Å². The molecule has 6 nitrogen and oxygen atoms in total. The van der Waals surface area contributed by atoms with Crippen LogP contribution in [0.1, 0.15) is 47.5 Å². The summed E-state index contributed by atoms with van der Waals surface area (Å²) in [5.74, 6) is -0.273. The van der Waals surface area contributed by atoms with Gasteiger partial charge in [-0.15, -0.1) is 4.52 Å². The van der Waals surface area contributed by atoms with Gasteiger partial charge < -0.3 is 10.6 Å². The Hall–Kier alpha value is -1.00. The standard InChI is InChI=1S/C16H31N2O4P/c1-7-22-23(21)10-13(8-11(2)3)15(19)18-14(9-12(4)5)16(20)17-6/h11-14H,7-10H2,1-6H3,(H-,17,18,19,20)/p+1/t13?,14-/m0/s1. The number of nitrogens with one attached hydrogen (secondary N) is 2. The van der Waals surface area contributed by atoms with E-state index in [0.29, 0.717) is 25.4 Å². The van der Waals surface area contributed by atoms with Crippen molar-refractivity contribution in [1.29, 1.82) is 0 Å². The minimum absolute atomic E-state index is 0.190. The average Bonchev–Trinajstić information content (AvgIpc) is 2.44. The summed E-state index contributed by atoms with van der Waals surface area (Å²) in [6.07, 6.45) is 1.37. The van der Waals surface area contributed by atoms with E-state index in [9.17, 15) is 14.2 Å². The summed E-state index contributed by atoms with van der Waals surface area (Å²) < 4.78 is 17.0. The Labute approximate surface area is 141 Å². The van der Waals surface area contributed by atoms with Crippen molar-refractivity contribution in [2.24, 2.45) is 17.8 Å². The first kappa shape index (κ1) is 22.0. The molecule has 0 heterocycles. The van der Waals surface area contributed by atoms with Crippen LogP contribution < -0.4 is 10.6 Å². The van der Waals surface area contributed by atoms with E-state index in [1.807, 2.05) is 27.7 Å². The van der Waals surface area contributed by atoms with Crippen molar-refractivity contribution in [3.63, 3.8) is 0 Å². The van der Waals surface area contributed by atoms with E-state index < -0.39 is 20.0 Å². The van der Waals surface area contributed by atoms with E-state index >= 15 is 0 Å².